The Bertz CT molecular complexity index is 855. The maximum absolute atomic E-state index is 11.7. The zero-order chi connectivity index (χ0) is 19.7. The van der Waals surface area contributed by atoms with Crippen molar-refractivity contribution >= 4 is 27.3 Å². The van der Waals surface area contributed by atoms with E-state index in [0.29, 0.717) is 18.2 Å². The first-order valence-electron chi connectivity index (χ1n) is 9.18. The standard InChI is InChI=1S/C19H26ClN3O3S/c1-19(14-24)6-9-22(10-7-19)17-11-18(20)21-12-16(17)4-3-15-5-8-23(13-15)27(2,25)26/h11-12,15,24H,5-10,13-14H2,1-2H3. The van der Waals surface area contributed by atoms with Gasteiger partial charge in [-0.25, -0.2) is 17.7 Å². The minimum atomic E-state index is -3.16. The van der Waals surface area contributed by atoms with Crippen LogP contribution < -0.4 is 4.90 Å². The summed E-state index contributed by atoms with van der Waals surface area (Å²) >= 11 is 6.12. The number of rotatable bonds is 3. The Morgan fingerprint density at radius 2 is 2.07 bits per heavy atom. The van der Waals surface area contributed by atoms with E-state index < -0.39 is 10.0 Å². The first-order chi connectivity index (χ1) is 12.7. The maximum atomic E-state index is 11.7. The van der Waals surface area contributed by atoms with Crippen LogP contribution in [0.1, 0.15) is 31.7 Å². The molecule has 27 heavy (non-hydrogen) atoms. The first kappa shape index (κ1) is 20.4. The molecule has 3 heterocycles. The van der Waals surface area contributed by atoms with Crippen LogP contribution in [-0.2, 0) is 10.0 Å². The normalized spacial score (nSPS) is 23.1. The number of piperidine rings is 1. The predicted octanol–water partition coefficient (Wildman–Crippen LogP) is 1.97. The van der Waals surface area contributed by atoms with Crippen molar-refractivity contribution in [3.8, 4) is 11.8 Å². The van der Waals surface area contributed by atoms with Gasteiger partial charge in [-0.3, -0.25) is 0 Å². The lowest BCUT2D eigenvalue weighted by Crippen LogP contribution is -2.40. The molecule has 0 radical (unpaired) electrons. The molecule has 148 valence electrons. The Morgan fingerprint density at radius 1 is 1.37 bits per heavy atom. The summed E-state index contributed by atoms with van der Waals surface area (Å²) in [5.41, 5.74) is 1.74. The lowest BCUT2D eigenvalue weighted by atomic mass is 9.81. The number of aliphatic hydroxyl groups is 1. The van der Waals surface area contributed by atoms with E-state index in [2.05, 4.69) is 28.6 Å². The van der Waals surface area contributed by atoms with E-state index in [4.69, 9.17) is 11.6 Å². The van der Waals surface area contributed by atoms with Crippen molar-refractivity contribution in [2.75, 3.05) is 43.9 Å². The molecule has 6 nitrogen and oxygen atoms in total. The molecule has 0 spiro atoms. The van der Waals surface area contributed by atoms with E-state index in [1.54, 1.807) is 6.20 Å². The van der Waals surface area contributed by atoms with Gasteiger partial charge in [0.05, 0.1) is 17.5 Å². The molecule has 0 saturated carbocycles. The molecule has 8 heteroatoms. The summed E-state index contributed by atoms with van der Waals surface area (Å²) in [6, 6.07) is 1.84. The number of aromatic nitrogens is 1. The van der Waals surface area contributed by atoms with Gasteiger partial charge >= 0.3 is 0 Å². The molecule has 0 bridgehead atoms. The third-order valence-corrected chi connectivity index (χ3v) is 7.05. The van der Waals surface area contributed by atoms with Crippen molar-refractivity contribution in [2.24, 2.45) is 11.3 Å². The van der Waals surface area contributed by atoms with Gasteiger partial charge in [0, 0.05) is 51.0 Å². The molecule has 0 aromatic carbocycles. The van der Waals surface area contributed by atoms with Crippen molar-refractivity contribution in [1.29, 1.82) is 0 Å². The number of pyridine rings is 1. The second-order valence-corrected chi connectivity index (χ2v) is 10.2. The van der Waals surface area contributed by atoms with Crippen LogP contribution >= 0.6 is 11.6 Å². The Balaban J connectivity index is 1.77. The molecule has 2 fully saturated rings. The fourth-order valence-electron chi connectivity index (χ4n) is 3.55. The van der Waals surface area contributed by atoms with Crippen molar-refractivity contribution in [1.82, 2.24) is 9.29 Å². The van der Waals surface area contributed by atoms with Gasteiger partial charge in [0.15, 0.2) is 0 Å². The van der Waals surface area contributed by atoms with Crippen molar-refractivity contribution < 1.29 is 13.5 Å². The van der Waals surface area contributed by atoms with Crippen LogP contribution in [0.15, 0.2) is 12.3 Å². The summed E-state index contributed by atoms with van der Waals surface area (Å²) < 4.78 is 24.8. The average Bonchev–Trinajstić information content (AvgIpc) is 3.11. The van der Waals surface area contributed by atoms with Crippen LogP contribution in [0.5, 0.6) is 0 Å². The number of halogens is 1. The van der Waals surface area contributed by atoms with Gasteiger partial charge in [0.25, 0.3) is 0 Å². The van der Waals surface area contributed by atoms with Crippen LogP contribution in [0.25, 0.3) is 0 Å². The number of anilines is 1. The molecular formula is C19H26ClN3O3S. The summed E-state index contributed by atoms with van der Waals surface area (Å²) in [6.45, 7) is 4.94. The molecule has 1 aromatic heterocycles. The van der Waals surface area contributed by atoms with Gasteiger partial charge in [0.2, 0.25) is 10.0 Å². The number of aliphatic hydroxyl groups excluding tert-OH is 1. The average molecular weight is 412 g/mol. The molecule has 2 aliphatic heterocycles. The van der Waals surface area contributed by atoms with Crippen LogP contribution in [0.4, 0.5) is 5.69 Å². The van der Waals surface area contributed by atoms with E-state index in [1.165, 1.54) is 10.6 Å². The number of hydrogen-bond acceptors (Lipinski definition) is 5. The van der Waals surface area contributed by atoms with Crippen LogP contribution in [0.2, 0.25) is 5.15 Å². The van der Waals surface area contributed by atoms with E-state index in [0.717, 1.165) is 43.6 Å². The fourth-order valence-corrected chi connectivity index (χ4v) is 4.59. The number of sulfonamides is 1. The molecule has 1 atom stereocenters. The summed E-state index contributed by atoms with van der Waals surface area (Å²) in [5, 5.41) is 10.00. The smallest absolute Gasteiger partial charge is 0.211 e. The van der Waals surface area contributed by atoms with Gasteiger partial charge in [-0.05, 0) is 24.7 Å². The van der Waals surface area contributed by atoms with Gasteiger partial charge in [-0.15, -0.1) is 0 Å². The highest BCUT2D eigenvalue weighted by atomic mass is 35.5. The highest BCUT2D eigenvalue weighted by Crippen LogP contribution is 2.34. The van der Waals surface area contributed by atoms with E-state index in [1.807, 2.05) is 6.07 Å². The second-order valence-electron chi connectivity index (χ2n) is 7.86. The topological polar surface area (TPSA) is 73.7 Å². The SMILES string of the molecule is CC1(CO)CCN(c2cc(Cl)ncc2C#CC2CCN(S(C)(=O)=O)C2)CC1. The summed E-state index contributed by atoms with van der Waals surface area (Å²) in [7, 11) is -3.16. The highest BCUT2D eigenvalue weighted by molar-refractivity contribution is 7.88. The molecule has 0 amide bonds. The summed E-state index contributed by atoms with van der Waals surface area (Å²) in [5.74, 6) is 6.45. The largest absolute Gasteiger partial charge is 0.396 e. The maximum Gasteiger partial charge on any atom is 0.211 e. The van der Waals surface area contributed by atoms with Crippen molar-refractivity contribution in [2.45, 2.75) is 26.2 Å². The molecule has 1 N–H and O–H groups in total. The highest BCUT2D eigenvalue weighted by Gasteiger charge is 2.30. The summed E-state index contributed by atoms with van der Waals surface area (Å²) in [4.78, 5) is 6.41. The van der Waals surface area contributed by atoms with Crippen LogP contribution in [-0.4, -0.2) is 61.9 Å². The Kier molecular flexibility index (Phi) is 6.02. The molecule has 1 aromatic rings. The second kappa shape index (κ2) is 7.96. The minimum absolute atomic E-state index is 0.0296. The third-order valence-electron chi connectivity index (χ3n) is 5.57. The molecule has 2 saturated heterocycles. The van der Waals surface area contributed by atoms with Gasteiger partial charge < -0.3 is 10.0 Å². The molecule has 2 aliphatic rings. The lowest BCUT2D eigenvalue weighted by molar-refractivity contribution is 0.115. The Morgan fingerprint density at radius 3 is 2.67 bits per heavy atom. The Labute approximate surface area is 166 Å². The van der Waals surface area contributed by atoms with Crippen LogP contribution in [0, 0.1) is 23.2 Å². The first-order valence-corrected chi connectivity index (χ1v) is 11.4. The van der Waals surface area contributed by atoms with Crippen molar-refractivity contribution in [3.63, 3.8) is 0 Å². The molecule has 1 unspecified atom stereocenters. The van der Waals surface area contributed by atoms with Crippen LogP contribution in [0.3, 0.4) is 0 Å². The van der Waals surface area contributed by atoms with Crippen molar-refractivity contribution in [3.05, 3.63) is 23.0 Å². The van der Waals surface area contributed by atoms with E-state index in [-0.39, 0.29) is 17.9 Å². The third kappa shape index (κ3) is 4.94. The van der Waals surface area contributed by atoms with E-state index >= 15 is 0 Å². The van der Waals surface area contributed by atoms with Gasteiger partial charge in [0.1, 0.15) is 5.15 Å². The molecule has 0 aliphatic carbocycles. The zero-order valence-electron chi connectivity index (χ0n) is 15.8. The molecule has 3 rings (SSSR count). The lowest BCUT2D eigenvalue weighted by Gasteiger charge is -2.39. The minimum Gasteiger partial charge on any atom is -0.396 e. The summed E-state index contributed by atoms with van der Waals surface area (Å²) in [6.07, 6.45) is 5.48. The van der Waals surface area contributed by atoms with Gasteiger partial charge in [-0.2, -0.15) is 0 Å². The van der Waals surface area contributed by atoms with Gasteiger partial charge in [-0.1, -0.05) is 30.4 Å². The monoisotopic (exact) mass is 411 g/mol. The van der Waals surface area contributed by atoms with E-state index in [9.17, 15) is 13.5 Å². The fraction of sp³-hybridized carbons (Fsp3) is 0.632. The predicted molar refractivity (Wildman–Crippen MR) is 107 cm³/mol. The number of nitrogens with zero attached hydrogens (tertiary/aromatic N) is 3. The quantitative estimate of drug-likeness (QED) is 0.608. The molecular weight excluding hydrogens is 386 g/mol. The zero-order valence-corrected chi connectivity index (χ0v) is 17.4. The number of hydrogen-bond donors (Lipinski definition) is 1. The Hall–Kier alpha value is -1.33.